The lowest BCUT2D eigenvalue weighted by atomic mass is 9.97. The molecule has 0 unspecified atom stereocenters. The topological polar surface area (TPSA) is 89.9 Å². The molecular formula is C18H26O6S. The first kappa shape index (κ1) is 19.9. The van der Waals surface area contributed by atoms with Crippen LogP contribution in [0.15, 0.2) is 30.3 Å². The van der Waals surface area contributed by atoms with Crippen LogP contribution in [-0.4, -0.2) is 36.4 Å². The highest BCUT2D eigenvalue weighted by molar-refractivity contribution is 7.87. The summed E-state index contributed by atoms with van der Waals surface area (Å²) in [4.78, 5) is 12.2. The molecule has 1 aliphatic carbocycles. The van der Waals surface area contributed by atoms with Crippen molar-refractivity contribution in [3.8, 4) is 0 Å². The molecule has 2 rings (SSSR count). The van der Waals surface area contributed by atoms with Crippen LogP contribution < -0.4 is 0 Å². The van der Waals surface area contributed by atoms with Gasteiger partial charge < -0.3 is 9.47 Å². The van der Waals surface area contributed by atoms with Crippen molar-refractivity contribution in [2.75, 3.05) is 6.61 Å². The van der Waals surface area contributed by atoms with Crippen LogP contribution in [0.4, 0.5) is 0 Å². The highest BCUT2D eigenvalue weighted by atomic mass is 32.2. The highest BCUT2D eigenvalue weighted by Crippen LogP contribution is 2.47. The minimum absolute atomic E-state index is 0.0441. The van der Waals surface area contributed by atoms with Gasteiger partial charge in [-0.25, -0.2) is 0 Å². The van der Waals surface area contributed by atoms with Gasteiger partial charge in [0.25, 0.3) is 10.1 Å². The minimum Gasteiger partial charge on any atom is -0.459 e. The lowest BCUT2D eigenvalue weighted by Gasteiger charge is -2.25. The summed E-state index contributed by atoms with van der Waals surface area (Å²) >= 11 is 0. The van der Waals surface area contributed by atoms with Gasteiger partial charge in [0.05, 0.1) is 18.6 Å². The third-order valence-corrected chi connectivity index (χ3v) is 5.93. The quantitative estimate of drug-likeness (QED) is 0.559. The summed E-state index contributed by atoms with van der Waals surface area (Å²) in [7, 11) is -4.18. The molecule has 1 aromatic rings. The predicted octanol–water partition coefficient (Wildman–Crippen LogP) is 2.97. The number of ether oxygens (including phenoxy) is 2. The first-order chi connectivity index (χ1) is 11.5. The van der Waals surface area contributed by atoms with Crippen LogP contribution in [0.3, 0.4) is 0 Å². The van der Waals surface area contributed by atoms with Crippen molar-refractivity contribution in [3.63, 3.8) is 0 Å². The van der Waals surface area contributed by atoms with Gasteiger partial charge in [-0.2, -0.15) is 8.42 Å². The zero-order valence-corrected chi connectivity index (χ0v) is 15.7. The second-order valence-electron chi connectivity index (χ2n) is 7.64. The monoisotopic (exact) mass is 370 g/mol. The van der Waals surface area contributed by atoms with Crippen LogP contribution >= 0.6 is 0 Å². The average Bonchev–Trinajstić information content (AvgIpc) is 3.28. The van der Waals surface area contributed by atoms with E-state index in [0.29, 0.717) is 19.4 Å². The van der Waals surface area contributed by atoms with Crippen LogP contribution in [0.2, 0.25) is 0 Å². The molecule has 1 N–H and O–H groups in total. The van der Waals surface area contributed by atoms with Crippen molar-refractivity contribution >= 4 is 16.1 Å². The van der Waals surface area contributed by atoms with E-state index < -0.39 is 32.4 Å². The van der Waals surface area contributed by atoms with Gasteiger partial charge >= 0.3 is 5.97 Å². The summed E-state index contributed by atoms with van der Waals surface area (Å²) in [5, 5.41) is 0. The van der Waals surface area contributed by atoms with Gasteiger partial charge in [0.15, 0.2) is 0 Å². The summed E-state index contributed by atoms with van der Waals surface area (Å²) in [5.41, 5.74) is 0.270. The second-order valence-corrected chi connectivity index (χ2v) is 9.46. The van der Waals surface area contributed by atoms with Crippen molar-refractivity contribution in [1.29, 1.82) is 0 Å². The molecule has 1 aromatic carbocycles. The molecular weight excluding hydrogens is 344 g/mol. The summed E-state index contributed by atoms with van der Waals surface area (Å²) < 4.78 is 42.6. The van der Waals surface area contributed by atoms with Gasteiger partial charge in [-0.15, -0.1) is 0 Å². The molecule has 1 atom stereocenters. The average molecular weight is 370 g/mol. The SMILES string of the molecule is CC(C)(C)C(=O)O[C@H](COCc1ccccc1)CC1(S(=O)(=O)O)CC1. The van der Waals surface area contributed by atoms with Crippen molar-refractivity contribution in [3.05, 3.63) is 35.9 Å². The van der Waals surface area contributed by atoms with E-state index >= 15 is 0 Å². The summed E-state index contributed by atoms with van der Waals surface area (Å²) in [6.45, 7) is 5.60. The highest BCUT2D eigenvalue weighted by Gasteiger charge is 2.55. The van der Waals surface area contributed by atoms with Gasteiger partial charge in [0, 0.05) is 6.42 Å². The van der Waals surface area contributed by atoms with E-state index in [2.05, 4.69) is 0 Å². The largest absolute Gasteiger partial charge is 0.459 e. The first-order valence-electron chi connectivity index (χ1n) is 8.33. The smallest absolute Gasteiger partial charge is 0.311 e. The van der Waals surface area contributed by atoms with E-state index in [1.807, 2.05) is 30.3 Å². The van der Waals surface area contributed by atoms with Gasteiger partial charge in [0.2, 0.25) is 0 Å². The number of hydrogen-bond donors (Lipinski definition) is 1. The normalized spacial score (nSPS) is 17.8. The standard InChI is InChI=1S/C18H26O6S/c1-17(2,3)16(19)24-15(11-18(9-10-18)25(20,21)22)13-23-12-14-7-5-4-6-8-14/h4-8,15H,9-13H2,1-3H3,(H,20,21,22)/t15-/m0/s1. The molecule has 0 saturated heterocycles. The van der Waals surface area contributed by atoms with E-state index in [0.717, 1.165) is 5.56 Å². The molecule has 0 amide bonds. The zero-order valence-electron chi connectivity index (χ0n) is 14.9. The molecule has 0 spiro atoms. The Labute approximate surface area is 149 Å². The fraction of sp³-hybridized carbons (Fsp3) is 0.611. The van der Waals surface area contributed by atoms with Crippen molar-refractivity contribution in [1.82, 2.24) is 0 Å². The van der Waals surface area contributed by atoms with Crippen LogP contribution in [0.1, 0.15) is 45.6 Å². The van der Waals surface area contributed by atoms with E-state index in [1.54, 1.807) is 20.8 Å². The molecule has 1 saturated carbocycles. The Morgan fingerprint density at radius 2 is 1.84 bits per heavy atom. The third kappa shape index (κ3) is 5.52. The van der Waals surface area contributed by atoms with Gasteiger partial charge in [-0.3, -0.25) is 9.35 Å². The number of carbonyl (C=O) groups is 1. The molecule has 1 fully saturated rings. The summed E-state index contributed by atoms with van der Waals surface area (Å²) in [6, 6.07) is 9.52. The number of carbonyl (C=O) groups excluding carboxylic acids is 1. The Balaban J connectivity index is 2.00. The fourth-order valence-electron chi connectivity index (χ4n) is 2.47. The molecule has 25 heavy (non-hydrogen) atoms. The fourth-order valence-corrected chi connectivity index (χ4v) is 3.48. The summed E-state index contributed by atoms with van der Waals surface area (Å²) in [6.07, 6.45) is 0.0600. The molecule has 0 bridgehead atoms. The van der Waals surface area contributed by atoms with E-state index in [-0.39, 0.29) is 13.0 Å². The van der Waals surface area contributed by atoms with Crippen LogP contribution in [0.5, 0.6) is 0 Å². The van der Waals surface area contributed by atoms with Crippen LogP contribution in [0.25, 0.3) is 0 Å². The Morgan fingerprint density at radius 3 is 2.32 bits per heavy atom. The number of rotatable bonds is 8. The van der Waals surface area contributed by atoms with Crippen molar-refractivity contribution in [2.45, 2.75) is 57.5 Å². The molecule has 1 aliphatic rings. The maximum Gasteiger partial charge on any atom is 0.311 e. The molecule has 0 radical (unpaired) electrons. The predicted molar refractivity (Wildman–Crippen MR) is 93.6 cm³/mol. The Kier molecular flexibility index (Phi) is 5.91. The van der Waals surface area contributed by atoms with Crippen LogP contribution in [0, 0.1) is 5.41 Å². The Hall–Kier alpha value is -1.44. The molecule has 0 aliphatic heterocycles. The molecule has 6 nitrogen and oxygen atoms in total. The number of hydrogen-bond acceptors (Lipinski definition) is 5. The molecule has 0 aromatic heterocycles. The molecule has 140 valence electrons. The number of benzene rings is 1. The summed E-state index contributed by atoms with van der Waals surface area (Å²) in [5.74, 6) is -0.424. The Bertz CT molecular complexity index is 686. The van der Waals surface area contributed by atoms with E-state index in [1.165, 1.54) is 0 Å². The van der Waals surface area contributed by atoms with Gasteiger partial charge in [-0.05, 0) is 39.2 Å². The lowest BCUT2D eigenvalue weighted by Crippen LogP contribution is -2.36. The maximum atomic E-state index is 12.2. The van der Waals surface area contributed by atoms with Gasteiger partial charge in [0.1, 0.15) is 10.9 Å². The second kappa shape index (κ2) is 7.43. The molecule has 7 heteroatoms. The van der Waals surface area contributed by atoms with E-state index in [4.69, 9.17) is 9.47 Å². The number of esters is 1. The minimum atomic E-state index is -4.18. The first-order valence-corrected chi connectivity index (χ1v) is 9.77. The Morgan fingerprint density at radius 1 is 1.24 bits per heavy atom. The molecule has 0 heterocycles. The van der Waals surface area contributed by atoms with Crippen molar-refractivity contribution in [2.24, 2.45) is 5.41 Å². The van der Waals surface area contributed by atoms with Crippen LogP contribution in [-0.2, 0) is 31.0 Å². The zero-order chi connectivity index (χ0) is 18.7. The van der Waals surface area contributed by atoms with Crippen molar-refractivity contribution < 1.29 is 27.2 Å². The van der Waals surface area contributed by atoms with Gasteiger partial charge in [-0.1, -0.05) is 30.3 Å². The maximum absolute atomic E-state index is 12.2. The third-order valence-electron chi connectivity index (χ3n) is 4.26. The lowest BCUT2D eigenvalue weighted by molar-refractivity contribution is -0.162. The van der Waals surface area contributed by atoms with E-state index in [9.17, 15) is 17.8 Å².